The van der Waals surface area contributed by atoms with E-state index < -0.39 is 6.10 Å². The van der Waals surface area contributed by atoms with Crippen LogP contribution in [0, 0.1) is 12.3 Å². The molecule has 0 bridgehead atoms. The predicted octanol–water partition coefficient (Wildman–Crippen LogP) is 2.80. The fourth-order valence-corrected chi connectivity index (χ4v) is 1.90. The number of methoxy groups -OCH3 is 2. The Morgan fingerprint density at radius 2 is 2.12 bits per heavy atom. The smallest absolute Gasteiger partial charge is 0.179 e. The molecule has 0 aliphatic carbocycles. The first kappa shape index (κ1) is 13.7. The molecule has 0 saturated heterocycles. The molecule has 0 aromatic heterocycles. The third-order valence-electron chi connectivity index (χ3n) is 2.44. The third kappa shape index (κ3) is 3.06. The molecule has 0 fully saturated rings. The van der Waals surface area contributed by atoms with Crippen molar-refractivity contribution in [1.82, 2.24) is 0 Å². The standard InChI is InChI=1S/C13H15ClO3/c1-4-5-6-10(15)9-7-8-11(16-2)13(17-3)12(9)14/h1,7-8,10,15H,5-6H2,2-3H3. The molecule has 1 atom stereocenters. The van der Waals surface area contributed by atoms with Crippen molar-refractivity contribution in [3.8, 4) is 23.8 Å². The van der Waals surface area contributed by atoms with Gasteiger partial charge < -0.3 is 14.6 Å². The van der Waals surface area contributed by atoms with Gasteiger partial charge in [-0.1, -0.05) is 17.7 Å². The van der Waals surface area contributed by atoms with Crippen molar-refractivity contribution in [2.45, 2.75) is 18.9 Å². The number of aliphatic hydroxyl groups excluding tert-OH is 1. The second-order valence-electron chi connectivity index (χ2n) is 3.46. The lowest BCUT2D eigenvalue weighted by Crippen LogP contribution is -2.01. The molecule has 1 aromatic rings. The lowest BCUT2D eigenvalue weighted by molar-refractivity contribution is 0.169. The first-order valence-electron chi connectivity index (χ1n) is 5.17. The van der Waals surface area contributed by atoms with Crippen molar-refractivity contribution >= 4 is 11.6 Å². The molecule has 0 aliphatic rings. The second kappa shape index (κ2) is 6.39. The first-order chi connectivity index (χ1) is 8.15. The maximum atomic E-state index is 9.94. The third-order valence-corrected chi connectivity index (χ3v) is 2.83. The van der Waals surface area contributed by atoms with E-state index in [-0.39, 0.29) is 0 Å². The van der Waals surface area contributed by atoms with Crippen LogP contribution in [0.2, 0.25) is 5.02 Å². The first-order valence-corrected chi connectivity index (χ1v) is 5.55. The lowest BCUT2D eigenvalue weighted by Gasteiger charge is -2.16. The van der Waals surface area contributed by atoms with Crippen molar-refractivity contribution in [3.05, 3.63) is 22.7 Å². The van der Waals surface area contributed by atoms with Gasteiger partial charge in [0.25, 0.3) is 0 Å². The van der Waals surface area contributed by atoms with Crippen LogP contribution in [-0.2, 0) is 0 Å². The molecular formula is C13H15ClO3. The topological polar surface area (TPSA) is 38.7 Å². The summed E-state index contributed by atoms with van der Waals surface area (Å²) in [4.78, 5) is 0. The van der Waals surface area contributed by atoms with E-state index in [2.05, 4.69) is 5.92 Å². The summed E-state index contributed by atoms with van der Waals surface area (Å²) in [5.41, 5.74) is 0.597. The van der Waals surface area contributed by atoms with Gasteiger partial charge in [0.15, 0.2) is 11.5 Å². The highest BCUT2D eigenvalue weighted by Crippen LogP contribution is 2.40. The Hall–Kier alpha value is -1.37. The molecule has 0 heterocycles. The average Bonchev–Trinajstić information content (AvgIpc) is 2.35. The Labute approximate surface area is 106 Å². The van der Waals surface area contributed by atoms with E-state index in [9.17, 15) is 5.11 Å². The zero-order valence-corrected chi connectivity index (χ0v) is 10.6. The Morgan fingerprint density at radius 3 is 2.65 bits per heavy atom. The molecule has 3 nitrogen and oxygen atoms in total. The van der Waals surface area contributed by atoms with E-state index in [4.69, 9.17) is 27.5 Å². The molecular weight excluding hydrogens is 240 g/mol. The van der Waals surface area contributed by atoms with Crippen LogP contribution in [0.1, 0.15) is 24.5 Å². The van der Waals surface area contributed by atoms with Gasteiger partial charge in [-0.05, 0) is 12.5 Å². The molecule has 0 spiro atoms. The number of halogens is 1. The van der Waals surface area contributed by atoms with Gasteiger partial charge in [-0.2, -0.15) is 0 Å². The highest BCUT2D eigenvalue weighted by Gasteiger charge is 2.17. The summed E-state index contributed by atoms with van der Waals surface area (Å²) in [7, 11) is 3.03. The molecule has 0 saturated carbocycles. The molecule has 0 amide bonds. The minimum absolute atomic E-state index is 0.358. The predicted molar refractivity (Wildman–Crippen MR) is 67.6 cm³/mol. The van der Waals surface area contributed by atoms with Crippen LogP contribution >= 0.6 is 11.6 Å². The maximum Gasteiger partial charge on any atom is 0.179 e. The summed E-state index contributed by atoms with van der Waals surface area (Å²) in [6, 6.07) is 3.42. The van der Waals surface area contributed by atoms with Gasteiger partial charge in [0.1, 0.15) is 0 Å². The summed E-state index contributed by atoms with van der Waals surface area (Å²) >= 11 is 6.15. The van der Waals surface area contributed by atoms with Crippen LogP contribution < -0.4 is 9.47 Å². The van der Waals surface area contributed by atoms with Gasteiger partial charge in [-0.15, -0.1) is 12.3 Å². The molecule has 0 radical (unpaired) electrons. The summed E-state index contributed by atoms with van der Waals surface area (Å²) in [5.74, 6) is 3.44. The van der Waals surface area contributed by atoms with Crippen LogP contribution in [0.3, 0.4) is 0 Å². The Balaban J connectivity index is 3.06. The van der Waals surface area contributed by atoms with Crippen LogP contribution in [-0.4, -0.2) is 19.3 Å². The van der Waals surface area contributed by atoms with E-state index in [1.165, 1.54) is 14.2 Å². The highest BCUT2D eigenvalue weighted by atomic mass is 35.5. The number of hydrogen-bond acceptors (Lipinski definition) is 3. The van der Waals surface area contributed by atoms with Gasteiger partial charge in [-0.25, -0.2) is 0 Å². The zero-order valence-electron chi connectivity index (χ0n) is 9.87. The van der Waals surface area contributed by atoms with Gasteiger partial charge in [0.05, 0.1) is 25.3 Å². The monoisotopic (exact) mass is 254 g/mol. The fraction of sp³-hybridized carbons (Fsp3) is 0.385. The van der Waals surface area contributed by atoms with Crippen molar-refractivity contribution < 1.29 is 14.6 Å². The molecule has 4 heteroatoms. The fourth-order valence-electron chi connectivity index (χ4n) is 1.54. The number of ether oxygens (including phenoxy) is 2. The summed E-state index contributed by atoms with van der Waals surface area (Å²) in [5, 5.41) is 10.3. The number of aliphatic hydroxyl groups is 1. The molecule has 17 heavy (non-hydrogen) atoms. The van der Waals surface area contributed by atoms with Gasteiger partial charge in [0.2, 0.25) is 0 Å². The van der Waals surface area contributed by atoms with Crippen LogP contribution in [0.15, 0.2) is 12.1 Å². The largest absolute Gasteiger partial charge is 0.493 e. The van der Waals surface area contributed by atoms with Gasteiger partial charge in [-0.3, -0.25) is 0 Å². The van der Waals surface area contributed by atoms with Crippen molar-refractivity contribution in [1.29, 1.82) is 0 Å². The van der Waals surface area contributed by atoms with Crippen LogP contribution in [0.25, 0.3) is 0 Å². The van der Waals surface area contributed by atoms with Crippen molar-refractivity contribution in [2.75, 3.05) is 14.2 Å². The van der Waals surface area contributed by atoms with E-state index in [0.717, 1.165) is 0 Å². The van der Waals surface area contributed by atoms with Gasteiger partial charge in [0, 0.05) is 12.0 Å². The van der Waals surface area contributed by atoms with E-state index >= 15 is 0 Å². The highest BCUT2D eigenvalue weighted by molar-refractivity contribution is 6.33. The van der Waals surface area contributed by atoms with Gasteiger partial charge >= 0.3 is 0 Å². The van der Waals surface area contributed by atoms with Crippen LogP contribution in [0.4, 0.5) is 0 Å². The Morgan fingerprint density at radius 1 is 1.41 bits per heavy atom. The lowest BCUT2D eigenvalue weighted by atomic mass is 10.0. The molecule has 92 valence electrons. The zero-order chi connectivity index (χ0) is 12.8. The number of hydrogen-bond donors (Lipinski definition) is 1. The number of benzene rings is 1. The van der Waals surface area contributed by atoms with Crippen LogP contribution in [0.5, 0.6) is 11.5 Å². The quantitative estimate of drug-likeness (QED) is 0.822. The average molecular weight is 255 g/mol. The Kier molecular flexibility index (Phi) is 5.14. The molecule has 1 unspecified atom stereocenters. The molecule has 1 rings (SSSR count). The maximum absolute atomic E-state index is 9.94. The molecule has 0 aliphatic heterocycles. The summed E-state index contributed by atoms with van der Waals surface area (Å²) in [6.45, 7) is 0. The van der Waals surface area contributed by atoms with Crippen molar-refractivity contribution in [2.24, 2.45) is 0 Å². The van der Waals surface area contributed by atoms with E-state index in [1.807, 2.05) is 0 Å². The molecule has 1 aromatic carbocycles. The SMILES string of the molecule is C#CCCC(O)c1ccc(OC)c(OC)c1Cl. The van der Waals surface area contributed by atoms with E-state index in [1.54, 1.807) is 12.1 Å². The number of terminal acetylenes is 1. The summed E-state index contributed by atoms with van der Waals surface area (Å²) in [6.07, 6.45) is 5.42. The Bertz CT molecular complexity index is 423. The minimum atomic E-state index is -0.696. The summed E-state index contributed by atoms with van der Waals surface area (Å²) < 4.78 is 10.3. The van der Waals surface area contributed by atoms with E-state index in [0.29, 0.717) is 34.9 Å². The second-order valence-corrected chi connectivity index (χ2v) is 3.84. The normalized spacial score (nSPS) is 11.7. The molecule has 1 N–H and O–H groups in total. The minimum Gasteiger partial charge on any atom is -0.493 e. The van der Waals surface area contributed by atoms with Crippen molar-refractivity contribution in [3.63, 3.8) is 0 Å². The number of rotatable bonds is 5.